The maximum Gasteiger partial charge on any atom is 0.328 e. The number of ketones is 3. The van der Waals surface area contributed by atoms with Crippen molar-refractivity contribution in [1.82, 2.24) is 9.55 Å². The molecule has 10 nitrogen and oxygen atoms in total. The van der Waals surface area contributed by atoms with E-state index in [1.54, 1.807) is 30.3 Å². The Morgan fingerprint density at radius 2 is 1.24 bits per heavy atom. The van der Waals surface area contributed by atoms with Crippen LogP contribution in [-0.2, 0) is 4.74 Å². The summed E-state index contributed by atoms with van der Waals surface area (Å²) in [5.74, 6) is -3.36. The molecule has 208 valence electrons. The Kier molecular flexibility index (Phi) is 7.47. The number of carbonyl (C=O) groups excluding carboxylic acids is 3. The lowest BCUT2D eigenvalue weighted by Gasteiger charge is -2.39. The molecule has 0 amide bonds. The number of hydrogen-bond acceptors (Lipinski definition) is 9. The van der Waals surface area contributed by atoms with Crippen molar-refractivity contribution in [2.24, 2.45) is 0 Å². The highest BCUT2D eigenvalue weighted by molar-refractivity contribution is 7.71. The van der Waals surface area contributed by atoms with Gasteiger partial charge in [-0.2, -0.15) is 0 Å². The number of aliphatic hydroxyl groups excluding tert-OH is 1. The highest BCUT2D eigenvalue weighted by Crippen LogP contribution is 2.50. The third-order valence-electron chi connectivity index (χ3n) is 7.11. The van der Waals surface area contributed by atoms with Crippen LogP contribution in [0.5, 0.6) is 0 Å². The van der Waals surface area contributed by atoms with Crippen molar-refractivity contribution in [3.63, 3.8) is 0 Å². The largest absolute Gasteiger partial charge is 0.382 e. The van der Waals surface area contributed by atoms with Crippen LogP contribution in [0.2, 0.25) is 0 Å². The molecule has 1 saturated heterocycles. The van der Waals surface area contributed by atoms with Crippen molar-refractivity contribution in [2.45, 2.75) is 29.6 Å². The van der Waals surface area contributed by atoms with E-state index in [2.05, 4.69) is 4.98 Å². The van der Waals surface area contributed by atoms with Gasteiger partial charge >= 0.3 is 5.69 Å². The van der Waals surface area contributed by atoms with Crippen molar-refractivity contribution in [3.05, 3.63) is 135 Å². The molecule has 1 fully saturated rings. The van der Waals surface area contributed by atoms with E-state index in [1.807, 2.05) is 0 Å². The zero-order valence-corrected chi connectivity index (χ0v) is 22.1. The first kappa shape index (κ1) is 28.1. The molecule has 1 aliphatic heterocycles. The minimum Gasteiger partial charge on any atom is -0.382 e. The van der Waals surface area contributed by atoms with Gasteiger partial charge in [0.2, 0.25) is 17.2 Å². The second-order valence-corrected chi connectivity index (χ2v) is 9.96. The predicted octanol–water partition coefficient (Wildman–Crippen LogP) is 2.28. The van der Waals surface area contributed by atoms with Gasteiger partial charge in [0.25, 0.3) is 0 Å². The first-order chi connectivity index (χ1) is 19.6. The molecule has 0 bridgehead atoms. The summed E-state index contributed by atoms with van der Waals surface area (Å²) in [4.78, 5) is 57.0. The summed E-state index contributed by atoms with van der Waals surface area (Å²) in [6, 6.07) is 23.3. The minimum atomic E-state index is -3.28. The molecule has 1 unspecified atom stereocenters. The van der Waals surface area contributed by atoms with E-state index in [0.29, 0.717) is 0 Å². The zero-order chi connectivity index (χ0) is 29.4. The van der Waals surface area contributed by atoms with E-state index in [4.69, 9.17) is 17.0 Å². The van der Waals surface area contributed by atoms with Crippen LogP contribution < -0.4 is 5.69 Å². The lowest BCUT2D eigenvalue weighted by atomic mass is 9.69. The molecule has 41 heavy (non-hydrogen) atoms. The van der Waals surface area contributed by atoms with Crippen LogP contribution in [0.3, 0.4) is 0 Å². The van der Waals surface area contributed by atoms with Gasteiger partial charge in [0.05, 0.1) is 0 Å². The van der Waals surface area contributed by atoms with Crippen LogP contribution in [0.15, 0.2) is 108 Å². The van der Waals surface area contributed by atoms with Gasteiger partial charge in [-0.15, -0.1) is 0 Å². The highest BCUT2D eigenvalue weighted by Gasteiger charge is 2.75. The number of Topliss-reactive ketones (excluding diaryl/α,β-unsaturated/α-hetero) is 3. The summed E-state index contributed by atoms with van der Waals surface area (Å²) in [6.45, 7) is 0. The second-order valence-electron chi connectivity index (χ2n) is 9.52. The first-order valence-corrected chi connectivity index (χ1v) is 12.9. The fourth-order valence-electron chi connectivity index (χ4n) is 5.04. The van der Waals surface area contributed by atoms with Gasteiger partial charge in [-0.1, -0.05) is 103 Å². The van der Waals surface area contributed by atoms with E-state index >= 15 is 0 Å². The summed E-state index contributed by atoms with van der Waals surface area (Å²) in [6.07, 6.45) is -5.44. The lowest BCUT2D eigenvalue weighted by molar-refractivity contribution is -0.108. The lowest BCUT2D eigenvalue weighted by Crippen LogP contribution is -2.69. The van der Waals surface area contributed by atoms with Crippen molar-refractivity contribution in [1.29, 1.82) is 0 Å². The molecule has 5 atom stereocenters. The van der Waals surface area contributed by atoms with Crippen LogP contribution in [0, 0.1) is 4.64 Å². The molecule has 2 heterocycles. The summed E-state index contributed by atoms with van der Waals surface area (Å²) in [7, 11) is 0. The quantitative estimate of drug-likeness (QED) is 0.184. The van der Waals surface area contributed by atoms with Crippen LogP contribution in [-0.4, -0.2) is 65.6 Å². The van der Waals surface area contributed by atoms with Gasteiger partial charge in [-0.05, 0) is 6.07 Å². The zero-order valence-electron chi connectivity index (χ0n) is 21.3. The Hall–Kier alpha value is -4.39. The number of aliphatic hydroxyl groups is 3. The van der Waals surface area contributed by atoms with E-state index in [1.165, 1.54) is 66.7 Å². The molecule has 5 rings (SSSR count). The average Bonchev–Trinajstić information content (AvgIpc) is 3.25. The number of benzene rings is 3. The molecule has 3 aromatic carbocycles. The van der Waals surface area contributed by atoms with Crippen LogP contribution in [0.4, 0.5) is 0 Å². The first-order valence-electron chi connectivity index (χ1n) is 12.5. The van der Waals surface area contributed by atoms with Gasteiger partial charge in [-0.3, -0.25) is 23.9 Å². The average molecular weight is 573 g/mol. The maximum atomic E-state index is 14.1. The van der Waals surface area contributed by atoms with E-state index in [-0.39, 0.29) is 21.3 Å². The molecular formula is C30H24N2O8S. The molecule has 0 saturated carbocycles. The van der Waals surface area contributed by atoms with Crippen molar-refractivity contribution in [2.75, 3.05) is 0 Å². The SMILES string of the molecule is O=C(c1ccccc1)C(O)[C@H]1O[C@@H](n2ccc(=S)[nH]c2=O)[C@@](O)(C(=O)c2ccccc2)[C@@]1(O)C(=O)c1ccccc1. The van der Waals surface area contributed by atoms with Crippen LogP contribution >= 0.6 is 12.2 Å². The number of nitrogens with zero attached hydrogens (tertiary/aromatic N) is 1. The molecule has 1 aliphatic rings. The van der Waals surface area contributed by atoms with E-state index in [0.717, 1.165) is 10.8 Å². The normalized spacial score (nSPS) is 24.5. The van der Waals surface area contributed by atoms with Gasteiger partial charge in [-0.25, -0.2) is 4.79 Å². The third-order valence-corrected chi connectivity index (χ3v) is 7.35. The standard InChI is InChI=1S/C30H24N2O8S/c33-22(18-10-4-1-5-11-18)23(34)26-29(38,24(35)19-12-6-2-7-13-19)30(39,25(36)20-14-8-3-9-15-20)27(40-26)32-17-16-21(41)31-28(32)37/h1-17,23,26-27,34,38-39H,(H,31,37,41)/t23?,26-,27-,29-,30+/m1/s1. The molecule has 0 radical (unpaired) electrons. The van der Waals surface area contributed by atoms with E-state index in [9.17, 15) is 34.5 Å². The highest BCUT2D eigenvalue weighted by atomic mass is 32.1. The number of H-pyrrole nitrogens is 1. The maximum absolute atomic E-state index is 14.1. The summed E-state index contributed by atoms with van der Waals surface area (Å²) < 4.78 is 6.64. The summed E-state index contributed by atoms with van der Waals surface area (Å²) >= 11 is 5.00. The second kappa shape index (κ2) is 10.9. The van der Waals surface area contributed by atoms with Crippen molar-refractivity contribution < 1.29 is 34.4 Å². The number of aromatic nitrogens is 2. The van der Waals surface area contributed by atoms with E-state index < -0.39 is 52.7 Å². The van der Waals surface area contributed by atoms with Gasteiger partial charge < -0.3 is 20.1 Å². The number of rotatable bonds is 8. The Morgan fingerprint density at radius 1 is 0.780 bits per heavy atom. The number of aromatic amines is 1. The summed E-state index contributed by atoms with van der Waals surface area (Å²) in [5, 5.41) is 36.1. The molecule has 4 N–H and O–H groups in total. The smallest absolute Gasteiger partial charge is 0.328 e. The molecule has 0 aliphatic carbocycles. The van der Waals surface area contributed by atoms with Crippen molar-refractivity contribution in [3.8, 4) is 0 Å². The van der Waals surface area contributed by atoms with Gasteiger partial charge in [0, 0.05) is 22.9 Å². The number of carbonyl (C=O) groups is 3. The van der Waals surface area contributed by atoms with Gasteiger partial charge in [0.1, 0.15) is 16.8 Å². The monoisotopic (exact) mass is 572 g/mol. The van der Waals surface area contributed by atoms with Crippen LogP contribution in [0.1, 0.15) is 37.3 Å². The molecule has 11 heteroatoms. The molecule has 0 spiro atoms. The van der Waals surface area contributed by atoms with Gasteiger partial charge in [0.15, 0.2) is 17.6 Å². The van der Waals surface area contributed by atoms with Crippen LogP contribution in [0.25, 0.3) is 0 Å². The number of ether oxygens (including phenoxy) is 1. The topological polar surface area (TPSA) is 159 Å². The molecule has 1 aromatic heterocycles. The van der Waals surface area contributed by atoms with Crippen molar-refractivity contribution >= 4 is 29.6 Å². The fraction of sp³-hybridized carbons (Fsp3) is 0.167. The fourth-order valence-corrected chi connectivity index (χ4v) is 5.19. The Balaban J connectivity index is 1.78. The number of hydrogen-bond donors (Lipinski definition) is 4. The molecular weight excluding hydrogens is 548 g/mol. The Bertz CT molecular complexity index is 1720. The third kappa shape index (κ3) is 4.59. The predicted molar refractivity (Wildman–Crippen MR) is 148 cm³/mol. The minimum absolute atomic E-state index is 0.0143. The Labute approximate surface area is 238 Å². The Morgan fingerprint density at radius 3 is 1.73 bits per heavy atom. The number of nitrogens with one attached hydrogen (secondary N) is 1. The molecule has 4 aromatic rings. The summed E-state index contributed by atoms with van der Waals surface area (Å²) in [5.41, 5.74) is -7.72.